The summed E-state index contributed by atoms with van der Waals surface area (Å²) in [6.07, 6.45) is 14.6. The maximum absolute atomic E-state index is 12.8. The second kappa shape index (κ2) is 15.9. The predicted molar refractivity (Wildman–Crippen MR) is 223 cm³/mol. The second-order valence-corrected chi connectivity index (χ2v) is 14.3. The molecule has 0 saturated heterocycles. The summed E-state index contributed by atoms with van der Waals surface area (Å²) in [5.41, 5.74) is 11.8. The topological polar surface area (TPSA) is 149 Å². The summed E-state index contributed by atoms with van der Waals surface area (Å²) in [6, 6.07) is 31.8. The van der Waals surface area contributed by atoms with Crippen LogP contribution in [0, 0.1) is 0 Å². The molecular weight excluding hydrogens is 717 g/mol. The van der Waals surface area contributed by atoms with Gasteiger partial charge in [0.05, 0.1) is 50.9 Å². The maximum atomic E-state index is 12.8. The summed E-state index contributed by atoms with van der Waals surface area (Å²) in [5, 5.41) is 24.8. The van der Waals surface area contributed by atoms with Crippen molar-refractivity contribution < 1.29 is 24.6 Å². The first-order chi connectivity index (χ1) is 27.9. The molecule has 5 aromatic carbocycles. The third kappa shape index (κ3) is 7.11. The summed E-state index contributed by atoms with van der Waals surface area (Å²) in [6.45, 7) is 1.47. The van der Waals surface area contributed by atoms with Crippen LogP contribution >= 0.6 is 0 Å². The molecule has 0 radical (unpaired) electrons. The Morgan fingerprint density at radius 1 is 0.667 bits per heavy atom. The van der Waals surface area contributed by atoms with Crippen LogP contribution in [0.5, 0.6) is 0 Å². The van der Waals surface area contributed by atoms with Crippen molar-refractivity contribution in [3.05, 3.63) is 150 Å². The number of nitrogens with zero attached hydrogens (tertiary/aromatic N) is 5. The lowest BCUT2D eigenvalue weighted by atomic mass is 10.0. The SMILES string of the molecule is N/C=C\N(C=O)CCCCc1ccc2c(c1)c1ccccc1n2-c1cc(C(=O)O)c(C(=O)O)cc1-n1c2ccccc2c2cc(CCCCn3ccnc3)ccc21. The first-order valence-electron chi connectivity index (χ1n) is 19.1. The van der Waals surface area contributed by atoms with Crippen LogP contribution in [0.1, 0.15) is 57.5 Å². The Kier molecular flexibility index (Phi) is 10.3. The van der Waals surface area contributed by atoms with Gasteiger partial charge in [-0.2, -0.15) is 0 Å². The highest BCUT2D eigenvalue weighted by atomic mass is 16.4. The number of unbranched alkanes of at least 4 members (excludes halogenated alkanes) is 2. The van der Waals surface area contributed by atoms with E-state index >= 15 is 0 Å². The van der Waals surface area contributed by atoms with Crippen LogP contribution in [0.15, 0.2) is 128 Å². The number of carboxylic acid groups (broad SMARTS) is 2. The zero-order valence-corrected chi connectivity index (χ0v) is 31.3. The van der Waals surface area contributed by atoms with E-state index in [1.54, 1.807) is 12.4 Å². The molecule has 57 heavy (non-hydrogen) atoms. The van der Waals surface area contributed by atoms with Crippen LogP contribution in [-0.4, -0.2) is 58.7 Å². The Hall–Kier alpha value is -7.14. The molecule has 4 N–H and O–H groups in total. The van der Waals surface area contributed by atoms with Crippen molar-refractivity contribution in [3.63, 3.8) is 0 Å². The number of amides is 1. The van der Waals surface area contributed by atoms with Crippen LogP contribution < -0.4 is 5.73 Å². The number of fused-ring (bicyclic) bond motifs is 6. The normalized spacial score (nSPS) is 11.7. The molecule has 3 aromatic heterocycles. The number of carboxylic acids is 2. The molecule has 0 fully saturated rings. The first-order valence-corrected chi connectivity index (χ1v) is 19.1. The lowest BCUT2D eigenvalue weighted by Gasteiger charge is -2.19. The highest BCUT2D eigenvalue weighted by Crippen LogP contribution is 2.40. The number of hydrogen-bond acceptors (Lipinski definition) is 5. The summed E-state index contributed by atoms with van der Waals surface area (Å²) in [4.78, 5) is 42.5. The van der Waals surface area contributed by atoms with E-state index < -0.39 is 11.9 Å². The Morgan fingerprint density at radius 3 is 1.68 bits per heavy atom. The number of aromatic nitrogens is 4. The molecule has 8 rings (SSSR count). The molecule has 0 bridgehead atoms. The predicted octanol–water partition coefficient (Wildman–Crippen LogP) is 8.71. The largest absolute Gasteiger partial charge is 0.478 e. The van der Waals surface area contributed by atoms with Crippen LogP contribution in [0.25, 0.3) is 55.0 Å². The van der Waals surface area contributed by atoms with Crippen LogP contribution in [0.4, 0.5) is 0 Å². The van der Waals surface area contributed by atoms with E-state index in [4.69, 9.17) is 5.73 Å². The average molecular weight is 759 g/mol. The van der Waals surface area contributed by atoms with Gasteiger partial charge in [0.2, 0.25) is 6.41 Å². The first kappa shape index (κ1) is 36.8. The number of imidazole rings is 1. The molecule has 0 aliphatic carbocycles. The van der Waals surface area contributed by atoms with Crippen molar-refractivity contribution in [2.24, 2.45) is 5.73 Å². The zero-order valence-electron chi connectivity index (χ0n) is 31.3. The number of hydrogen-bond donors (Lipinski definition) is 3. The van der Waals surface area contributed by atoms with E-state index in [1.165, 1.54) is 28.8 Å². The van der Waals surface area contributed by atoms with Crippen molar-refractivity contribution in [2.45, 2.75) is 45.1 Å². The molecule has 11 heteroatoms. The number of benzene rings is 5. The quantitative estimate of drug-likeness (QED) is 0.0659. The third-order valence-electron chi connectivity index (χ3n) is 10.8. The van der Waals surface area contributed by atoms with Crippen LogP contribution in [0.3, 0.4) is 0 Å². The van der Waals surface area contributed by atoms with Crippen molar-refractivity contribution in [3.8, 4) is 11.4 Å². The molecule has 8 aromatic rings. The fourth-order valence-electron chi connectivity index (χ4n) is 8.10. The van der Waals surface area contributed by atoms with Crippen molar-refractivity contribution in [1.82, 2.24) is 23.6 Å². The Balaban J connectivity index is 1.27. The number of carbonyl (C=O) groups is 3. The van der Waals surface area contributed by atoms with Gasteiger partial charge >= 0.3 is 11.9 Å². The van der Waals surface area contributed by atoms with E-state index in [0.29, 0.717) is 17.9 Å². The molecule has 3 heterocycles. The van der Waals surface area contributed by atoms with E-state index in [-0.39, 0.29) is 11.1 Å². The van der Waals surface area contributed by atoms with Gasteiger partial charge in [0.25, 0.3) is 0 Å². The summed E-state index contributed by atoms with van der Waals surface area (Å²) < 4.78 is 6.21. The fourth-order valence-corrected chi connectivity index (χ4v) is 8.10. The molecule has 0 spiro atoms. The Morgan fingerprint density at radius 2 is 1.19 bits per heavy atom. The number of aromatic carboxylic acids is 2. The molecule has 0 aliphatic rings. The lowest BCUT2D eigenvalue weighted by Crippen LogP contribution is -2.16. The molecular formula is C46H42N6O5. The smallest absolute Gasteiger partial charge is 0.336 e. The minimum atomic E-state index is -1.32. The minimum Gasteiger partial charge on any atom is -0.478 e. The second-order valence-electron chi connectivity index (χ2n) is 14.3. The van der Waals surface area contributed by atoms with Crippen molar-refractivity contribution in [1.29, 1.82) is 0 Å². The Labute approximate surface area is 328 Å². The van der Waals surface area contributed by atoms with Gasteiger partial charge in [-0.15, -0.1) is 0 Å². The molecule has 0 saturated carbocycles. The average Bonchev–Trinajstić information content (AvgIpc) is 3.95. The standard InChI is InChI=1S/C46H42N6O5/c47-19-23-50(30-53)22-8-6-10-32-16-18-42-36(26-32)34-12-2-4-14-40(34)52(42)44-28-38(46(56)57)37(45(54)55)27-43(44)51-39-13-3-1-11-33(39)35-25-31(15-17-41(35)51)9-5-7-21-49-24-20-48-29-49/h1-4,11-20,23-30H,5-10,21-22,47H2,(H,54,55)(H,56,57)/b23-19-. The number of carbonyl (C=O) groups excluding carboxylic acids is 1. The molecule has 11 nitrogen and oxygen atoms in total. The summed E-state index contributed by atoms with van der Waals surface area (Å²) >= 11 is 0. The molecule has 0 unspecified atom stereocenters. The van der Waals surface area contributed by atoms with E-state index in [2.05, 4.69) is 67.2 Å². The number of rotatable bonds is 16. The fraction of sp³-hybridized carbons (Fsp3) is 0.174. The van der Waals surface area contributed by atoms with Gasteiger partial charge in [-0.25, -0.2) is 14.6 Å². The van der Waals surface area contributed by atoms with E-state index in [0.717, 1.165) is 101 Å². The van der Waals surface area contributed by atoms with Gasteiger partial charge in [0, 0.05) is 59.4 Å². The summed E-state index contributed by atoms with van der Waals surface area (Å²) in [7, 11) is 0. The number of para-hydroxylation sites is 2. The molecule has 1 amide bonds. The summed E-state index contributed by atoms with van der Waals surface area (Å²) in [5.74, 6) is -2.64. The van der Waals surface area contributed by atoms with E-state index in [1.807, 2.05) is 48.9 Å². The van der Waals surface area contributed by atoms with Crippen molar-refractivity contribution >= 4 is 62.0 Å². The van der Waals surface area contributed by atoms with Gasteiger partial charge in [-0.05, 0) is 98.2 Å². The number of nitrogens with two attached hydrogens (primary N) is 1. The van der Waals surface area contributed by atoms with Gasteiger partial charge in [-0.1, -0.05) is 48.5 Å². The number of aryl methyl sites for hydroxylation is 3. The molecule has 0 atom stereocenters. The zero-order chi connectivity index (χ0) is 39.5. The maximum Gasteiger partial charge on any atom is 0.336 e. The van der Waals surface area contributed by atoms with Gasteiger partial charge in [-0.3, -0.25) is 4.79 Å². The molecule has 286 valence electrons. The van der Waals surface area contributed by atoms with Gasteiger partial charge in [0.15, 0.2) is 0 Å². The van der Waals surface area contributed by atoms with Gasteiger partial charge in [0.1, 0.15) is 0 Å². The Bertz CT molecular complexity index is 2810. The van der Waals surface area contributed by atoms with Crippen molar-refractivity contribution in [2.75, 3.05) is 6.54 Å². The molecule has 0 aliphatic heterocycles. The van der Waals surface area contributed by atoms with Crippen LogP contribution in [-0.2, 0) is 24.2 Å². The van der Waals surface area contributed by atoms with Gasteiger partial charge < -0.3 is 34.5 Å². The monoisotopic (exact) mass is 758 g/mol. The van der Waals surface area contributed by atoms with Crippen LogP contribution in [0.2, 0.25) is 0 Å². The lowest BCUT2D eigenvalue weighted by molar-refractivity contribution is -0.116. The minimum absolute atomic E-state index is 0.292. The van der Waals surface area contributed by atoms with E-state index in [9.17, 15) is 24.6 Å². The highest BCUT2D eigenvalue weighted by molar-refractivity contribution is 6.13. The third-order valence-corrected chi connectivity index (χ3v) is 10.8. The highest BCUT2D eigenvalue weighted by Gasteiger charge is 2.25.